The lowest BCUT2D eigenvalue weighted by Gasteiger charge is -2.42. The monoisotopic (exact) mass is 282 g/mol. The number of aryl methyl sites for hydroxylation is 1. The summed E-state index contributed by atoms with van der Waals surface area (Å²) >= 11 is 0. The van der Waals surface area contributed by atoms with Crippen LogP contribution in [0.1, 0.15) is 37.9 Å². The Hall–Kier alpha value is -1.00. The van der Waals surface area contributed by atoms with Gasteiger partial charge >= 0.3 is 0 Å². The number of piperazine rings is 1. The molecule has 1 N–H and O–H groups in total. The predicted molar refractivity (Wildman–Crippen MR) is 77.7 cm³/mol. The van der Waals surface area contributed by atoms with Crippen molar-refractivity contribution >= 4 is 0 Å². The number of hydrogen-bond donors (Lipinski definition) is 1. The lowest BCUT2D eigenvalue weighted by molar-refractivity contribution is 0.0803. The molecule has 1 aromatic carbocycles. The summed E-state index contributed by atoms with van der Waals surface area (Å²) in [6.07, 6.45) is 0. The smallest absolute Gasteiger partial charge is 0.133 e. The molecular weight excluding hydrogens is 258 g/mol. The highest BCUT2D eigenvalue weighted by molar-refractivity contribution is 5.30. The van der Waals surface area contributed by atoms with Gasteiger partial charge in [-0.3, -0.25) is 4.90 Å². The van der Waals surface area contributed by atoms with Gasteiger partial charge in [-0.2, -0.15) is 0 Å². The first-order valence-electron chi connectivity index (χ1n) is 7.21. The van der Waals surface area contributed by atoms with Crippen LogP contribution in [0.25, 0.3) is 0 Å². The highest BCUT2D eigenvalue weighted by Gasteiger charge is 2.36. The van der Waals surface area contributed by atoms with Gasteiger partial charge in [-0.25, -0.2) is 8.78 Å². The highest BCUT2D eigenvalue weighted by Crippen LogP contribution is 2.40. The maximum absolute atomic E-state index is 14.5. The molecule has 0 aliphatic carbocycles. The fraction of sp³-hybridized carbons (Fsp3) is 0.625. The van der Waals surface area contributed by atoms with Crippen LogP contribution in [0, 0.1) is 24.0 Å². The molecule has 20 heavy (non-hydrogen) atoms. The topological polar surface area (TPSA) is 15.3 Å². The van der Waals surface area contributed by atoms with Crippen molar-refractivity contribution in [3.8, 4) is 0 Å². The minimum Gasteiger partial charge on any atom is -0.314 e. The predicted octanol–water partition coefficient (Wildman–Crippen LogP) is 3.27. The standard InChI is InChI=1S/C16H24F2N2/c1-11-5-6-12(17)13(14(11)18)15(16(2,3)4)20-9-7-19-8-10-20/h5-6,15,19H,7-10H2,1-4H3/t15-/m0/s1. The Morgan fingerprint density at radius 1 is 1.15 bits per heavy atom. The van der Waals surface area contributed by atoms with Crippen LogP contribution in [0.5, 0.6) is 0 Å². The van der Waals surface area contributed by atoms with Crippen molar-refractivity contribution in [3.05, 3.63) is 34.9 Å². The molecule has 1 aliphatic heterocycles. The lowest BCUT2D eigenvalue weighted by atomic mass is 9.80. The van der Waals surface area contributed by atoms with E-state index in [0.717, 1.165) is 26.2 Å². The molecule has 1 fully saturated rings. The maximum Gasteiger partial charge on any atom is 0.133 e. The third-order valence-corrected chi connectivity index (χ3v) is 3.93. The summed E-state index contributed by atoms with van der Waals surface area (Å²) < 4.78 is 28.8. The summed E-state index contributed by atoms with van der Waals surface area (Å²) in [7, 11) is 0. The second kappa shape index (κ2) is 5.78. The highest BCUT2D eigenvalue weighted by atomic mass is 19.1. The van der Waals surface area contributed by atoms with Crippen molar-refractivity contribution in [2.75, 3.05) is 26.2 Å². The van der Waals surface area contributed by atoms with Crippen molar-refractivity contribution in [2.45, 2.75) is 33.7 Å². The van der Waals surface area contributed by atoms with Gasteiger partial charge in [0.2, 0.25) is 0 Å². The van der Waals surface area contributed by atoms with Crippen LogP contribution >= 0.6 is 0 Å². The molecule has 1 aliphatic rings. The fourth-order valence-electron chi connectivity index (χ4n) is 3.03. The molecule has 0 bridgehead atoms. The summed E-state index contributed by atoms with van der Waals surface area (Å²) in [5.41, 5.74) is 0.498. The Morgan fingerprint density at radius 3 is 2.30 bits per heavy atom. The van der Waals surface area contributed by atoms with Gasteiger partial charge in [-0.15, -0.1) is 0 Å². The van der Waals surface area contributed by atoms with E-state index in [4.69, 9.17) is 0 Å². The molecule has 2 rings (SSSR count). The lowest BCUT2D eigenvalue weighted by Crippen LogP contribution is -2.48. The molecule has 0 aromatic heterocycles. The zero-order chi connectivity index (χ0) is 14.9. The second-order valence-electron chi connectivity index (χ2n) is 6.65. The average Bonchev–Trinajstić information content (AvgIpc) is 2.39. The molecule has 4 heteroatoms. The molecule has 0 saturated carbocycles. The van der Waals surface area contributed by atoms with E-state index in [1.807, 2.05) is 20.8 Å². The molecule has 1 aromatic rings. The van der Waals surface area contributed by atoms with Crippen molar-refractivity contribution in [3.63, 3.8) is 0 Å². The van der Waals surface area contributed by atoms with Gasteiger partial charge in [0.1, 0.15) is 11.6 Å². The molecule has 0 amide bonds. The molecule has 1 saturated heterocycles. The number of halogens is 2. The van der Waals surface area contributed by atoms with E-state index >= 15 is 0 Å². The number of nitrogens with zero attached hydrogens (tertiary/aromatic N) is 1. The Balaban J connectivity index is 2.49. The zero-order valence-corrected chi connectivity index (χ0v) is 12.8. The first-order chi connectivity index (χ1) is 9.32. The van der Waals surface area contributed by atoms with E-state index in [0.29, 0.717) is 5.56 Å². The Bertz CT molecular complexity index is 474. The molecule has 0 unspecified atom stereocenters. The average molecular weight is 282 g/mol. The van der Waals surface area contributed by atoms with Gasteiger partial charge in [-0.1, -0.05) is 26.8 Å². The van der Waals surface area contributed by atoms with Crippen LogP contribution in [0.3, 0.4) is 0 Å². The Labute approximate surface area is 120 Å². The summed E-state index contributed by atoms with van der Waals surface area (Å²) in [6, 6.07) is 2.64. The van der Waals surface area contributed by atoms with Gasteiger partial charge in [0, 0.05) is 37.8 Å². The van der Waals surface area contributed by atoms with Crippen molar-refractivity contribution in [1.29, 1.82) is 0 Å². The Morgan fingerprint density at radius 2 is 1.75 bits per heavy atom. The fourth-order valence-corrected chi connectivity index (χ4v) is 3.03. The summed E-state index contributed by atoms with van der Waals surface area (Å²) in [5.74, 6) is -0.838. The van der Waals surface area contributed by atoms with Crippen LogP contribution in [0.4, 0.5) is 8.78 Å². The SMILES string of the molecule is Cc1ccc(F)c([C@H](N2CCNCC2)C(C)(C)C)c1F. The third kappa shape index (κ3) is 3.01. The number of rotatable bonds is 2. The molecule has 0 radical (unpaired) electrons. The van der Waals surface area contributed by atoms with Gasteiger partial charge < -0.3 is 5.32 Å². The first kappa shape index (κ1) is 15.4. The van der Waals surface area contributed by atoms with Crippen LogP contribution in [0.15, 0.2) is 12.1 Å². The minimum absolute atomic E-state index is 0.222. The normalized spacial score (nSPS) is 19.1. The van der Waals surface area contributed by atoms with E-state index in [9.17, 15) is 8.78 Å². The number of hydrogen-bond acceptors (Lipinski definition) is 2. The third-order valence-electron chi connectivity index (χ3n) is 3.93. The van der Waals surface area contributed by atoms with Crippen LogP contribution in [0.2, 0.25) is 0 Å². The first-order valence-corrected chi connectivity index (χ1v) is 7.21. The largest absolute Gasteiger partial charge is 0.314 e. The molecule has 1 heterocycles. The van der Waals surface area contributed by atoms with Gasteiger partial charge in [0.05, 0.1) is 0 Å². The summed E-state index contributed by atoms with van der Waals surface area (Å²) in [5, 5.41) is 3.28. The second-order valence-corrected chi connectivity index (χ2v) is 6.65. The van der Waals surface area contributed by atoms with Gasteiger partial charge in [0.25, 0.3) is 0 Å². The molecule has 2 nitrogen and oxygen atoms in total. The van der Waals surface area contributed by atoms with Crippen molar-refractivity contribution < 1.29 is 8.78 Å². The van der Waals surface area contributed by atoms with Crippen LogP contribution < -0.4 is 5.32 Å². The maximum atomic E-state index is 14.5. The molecular formula is C16H24F2N2. The Kier molecular flexibility index (Phi) is 4.45. The minimum atomic E-state index is -0.438. The van der Waals surface area contributed by atoms with E-state index in [-0.39, 0.29) is 17.0 Å². The van der Waals surface area contributed by atoms with Crippen molar-refractivity contribution in [1.82, 2.24) is 10.2 Å². The summed E-state index contributed by atoms with van der Waals surface area (Å²) in [4.78, 5) is 2.19. The number of nitrogens with one attached hydrogen (secondary N) is 1. The van der Waals surface area contributed by atoms with Crippen LogP contribution in [-0.2, 0) is 0 Å². The van der Waals surface area contributed by atoms with Crippen molar-refractivity contribution in [2.24, 2.45) is 5.41 Å². The van der Waals surface area contributed by atoms with Crippen LogP contribution in [-0.4, -0.2) is 31.1 Å². The molecule has 112 valence electrons. The number of benzene rings is 1. The van der Waals surface area contributed by atoms with E-state index in [1.165, 1.54) is 12.1 Å². The quantitative estimate of drug-likeness (QED) is 0.895. The van der Waals surface area contributed by atoms with Gasteiger partial charge in [0.15, 0.2) is 0 Å². The molecule has 1 atom stereocenters. The summed E-state index contributed by atoms with van der Waals surface area (Å²) in [6.45, 7) is 11.2. The molecule has 0 spiro atoms. The van der Waals surface area contributed by atoms with E-state index in [1.54, 1.807) is 6.92 Å². The van der Waals surface area contributed by atoms with Gasteiger partial charge in [-0.05, 0) is 24.0 Å². The van der Waals surface area contributed by atoms with E-state index < -0.39 is 11.6 Å². The zero-order valence-electron chi connectivity index (χ0n) is 12.8. The van der Waals surface area contributed by atoms with E-state index in [2.05, 4.69) is 10.2 Å².